The van der Waals surface area contributed by atoms with Crippen LogP contribution >= 0.6 is 11.6 Å². The molecule has 1 saturated carbocycles. The minimum Gasteiger partial charge on any atom is -0.298 e. The van der Waals surface area contributed by atoms with Crippen molar-refractivity contribution in [2.75, 3.05) is 7.05 Å². The van der Waals surface area contributed by atoms with Crippen LogP contribution in [0.1, 0.15) is 38.3 Å². The summed E-state index contributed by atoms with van der Waals surface area (Å²) in [4.78, 5) is 2.39. The maximum atomic E-state index is 5.73. The Balaban J connectivity index is 1.88. The summed E-state index contributed by atoms with van der Waals surface area (Å²) < 4.78 is 0. The molecule has 1 aliphatic carbocycles. The van der Waals surface area contributed by atoms with E-state index in [-0.39, 0.29) is 0 Å². The van der Waals surface area contributed by atoms with Gasteiger partial charge in [0.15, 0.2) is 5.15 Å². The second-order valence-electron chi connectivity index (χ2n) is 5.18. The Bertz CT molecular complexity index is 344. The second kappa shape index (κ2) is 5.78. The van der Waals surface area contributed by atoms with Gasteiger partial charge in [-0.05, 0) is 50.8 Å². The maximum absolute atomic E-state index is 5.73. The highest BCUT2D eigenvalue weighted by Gasteiger charge is 2.21. The zero-order chi connectivity index (χ0) is 12.3. The van der Waals surface area contributed by atoms with Crippen LogP contribution < -0.4 is 0 Å². The first-order valence-electron chi connectivity index (χ1n) is 6.33. The molecule has 0 bridgehead atoms. The Morgan fingerprint density at radius 3 is 2.53 bits per heavy atom. The van der Waals surface area contributed by atoms with E-state index in [9.17, 15) is 0 Å². The zero-order valence-corrected chi connectivity index (χ0v) is 11.3. The van der Waals surface area contributed by atoms with Crippen LogP contribution in [0.25, 0.3) is 0 Å². The van der Waals surface area contributed by atoms with Crippen molar-refractivity contribution in [2.45, 2.75) is 45.2 Å². The van der Waals surface area contributed by atoms with Gasteiger partial charge in [0.05, 0.1) is 5.69 Å². The standard InChI is InChI=1S/C13H20ClN3/c1-10-3-6-12(7-4-10)17(2)9-11-5-8-13(14)16-15-11/h5,8,10,12H,3-4,6-7,9H2,1-2H3. The van der Waals surface area contributed by atoms with Crippen molar-refractivity contribution in [3.8, 4) is 0 Å². The summed E-state index contributed by atoms with van der Waals surface area (Å²) in [6, 6.07) is 4.46. The van der Waals surface area contributed by atoms with Gasteiger partial charge in [0.25, 0.3) is 0 Å². The molecule has 0 radical (unpaired) electrons. The molecule has 2 rings (SSSR count). The average molecular weight is 254 g/mol. The van der Waals surface area contributed by atoms with Crippen molar-refractivity contribution in [1.82, 2.24) is 15.1 Å². The van der Waals surface area contributed by atoms with E-state index in [0.717, 1.165) is 18.2 Å². The summed E-state index contributed by atoms with van der Waals surface area (Å²) in [6.07, 6.45) is 5.31. The van der Waals surface area contributed by atoms with E-state index >= 15 is 0 Å². The van der Waals surface area contributed by atoms with Gasteiger partial charge in [-0.25, -0.2) is 0 Å². The lowest BCUT2D eigenvalue weighted by atomic mass is 9.87. The first-order valence-corrected chi connectivity index (χ1v) is 6.71. The van der Waals surface area contributed by atoms with E-state index < -0.39 is 0 Å². The smallest absolute Gasteiger partial charge is 0.151 e. The molecule has 1 fully saturated rings. The molecule has 1 aromatic heterocycles. The number of hydrogen-bond donors (Lipinski definition) is 0. The van der Waals surface area contributed by atoms with Crippen LogP contribution in [-0.4, -0.2) is 28.2 Å². The number of hydrogen-bond acceptors (Lipinski definition) is 3. The fraction of sp³-hybridized carbons (Fsp3) is 0.692. The summed E-state index contributed by atoms with van der Waals surface area (Å²) in [6.45, 7) is 3.21. The molecule has 17 heavy (non-hydrogen) atoms. The molecule has 0 spiro atoms. The van der Waals surface area contributed by atoms with Gasteiger partial charge in [-0.15, -0.1) is 5.10 Å². The molecule has 0 N–H and O–H groups in total. The summed E-state index contributed by atoms with van der Waals surface area (Å²) in [7, 11) is 2.18. The Kier molecular flexibility index (Phi) is 4.35. The Morgan fingerprint density at radius 2 is 1.94 bits per heavy atom. The van der Waals surface area contributed by atoms with Crippen LogP contribution in [-0.2, 0) is 6.54 Å². The molecule has 0 amide bonds. The molecule has 1 aromatic rings. The first kappa shape index (κ1) is 12.8. The summed E-state index contributed by atoms with van der Waals surface area (Å²) in [5.41, 5.74) is 0.996. The number of halogens is 1. The van der Waals surface area contributed by atoms with E-state index in [1.54, 1.807) is 6.07 Å². The predicted molar refractivity (Wildman–Crippen MR) is 69.9 cm³/mol. The number of nitrogens with zero attached hydrogens (tertiary/aromatic N) is 3. The van der Waals surface area contributed by atoms with Crippen LogP contribution in [0.3, 0.4) is 0 Å². The van der Waals surface area contributed by atoms with Crippen LogP contribution in [0.2, 0.25) is 5.15 Å². The zero-order valence-electron chi connectivity index (χ0n) is 10.6. The van der Waals surface area contributed by atoms with Crippen LogP contribution in [0, 0.1) is 5.92 Å². The van der Waals surface area contributed by atoms with Gasteiger partial charge in [0.2, 0.25) is 0 Å². The highest BCUT2D eigenvalue weighted by Crippen LogP contribution is 2.26. The fourth-order valence-electron chi connectivity index (χ4n) is 2.50. The van der Waals surface area contributed by atoms with Crippen molar-refractivity contribution in [3.05, 3.63) is 23.0 Å². The molecule has 1 aliphatic rings. The molecule has 0 unspecified atom stereocenters. The quantitative estimate of drug-likeness (QED) is 0.829. The van der Waals surface area contributed by atoms with E-state index in [4.69, 9.17) is 11.6 Å². The molecular formula is C13H20ClN3. The van der Waals surface area contributed by atoms with E-state index in [1.165, 1.54) is 25.7 Å². The van der Waals surface area contributed by atoms with Gasteiger partial charge in [0.1, 0.15) is 0 Å². The van der Waals surface area contributed by atoms with Gasteiger partial charge < -0.3 is 0 Å². The van der Waals surface area contributed by atoms with Gasteiger partial charge >= 0.3 is 0 Å². The minimum atomic E-state index is 0.461. The normalized spacial score (nSPS) is 25.2. The predicted octanol–water partition coefficient (Wildman–Crippen LogP) is 3.14. The molecule has 0 saturated heterocycles. The lowest BCUT2D eigenvalue weighted by Gasteiger charge is -2.33. The van der Waals surface area contributed by atoms with Crippen LogP contribution in [0.4, 0.5) is 0 Å². The third-order valence-electron chi connectivity index (χ3n) is 3.71. The van der Waals surface area contributed by atoms with E-state index in [2.05, 4.69) is 29.1 Å². The highest BCUT2D eigenvalue weighted by atomic mass is 35.5. The minimum absolute atomic E-state index is 0.461. The number of rotatable bonds is 3. The number of aromatic nitrogens is 2. The van der Waals surface area contributed by atoms with Gasteiger partial charge in [0, 0.05) is 12.6 Å². The van der Waals surface area contributed by atoms with Crippen molar-refractivity contribution < 1.29 is 0 Å². The summed E-state index contributed by atoms with van der Waals surface area (Å²) in [5, 5.41) is 8.44. The van der Waals surface area contributed by atoms with Crippen molar-refractivity contribution in [2.24, 2.45) is 5.92 Å². The Labute approximate surface area is 108 Å². The van der Waals surface area contributed by atoms with E-state index in [1.807, 2.05) is 6.07 Å². The Hall–Kier alpha value is -0.670. The molecule has 3 nitrogen and oxygen atoms in total. The Morgan fingerprint density at radius 1 is 1.24 bits per heavy atom. The molecule has 4 heteroatoms. The molecule has 94 valence electrons. The van der Waals surface area contributed by atoms with Crippen LogP contribution in [0.15, 0.2) is 12.1 Å². The van der Waals surface area contributed by atoms with Gasteiger partial charge in [-0.1, -0.05) is 18.5 Å². The molecule has 1 heterocycles. The molecular weight excluding hydrogens is 234 g/mol. The summed E-state index contributed by atoms with van der Waals surface area (Å²) >= 11 is 5.73. The van der Waals surface area contributed by atoms with E-state index in [0.29, 0.717) is 11.2 Å². The summed E-state index contributed by atoms with van der Waals surface area (Å²) in [5.74, 6) is 0.898. The SMILES string of the molecule is CC1CCC(N(C)Cc2ccc(Cl)nn2)CC1. The highest BCUT2D eigenvalue weighted by molar-refractivity contribution is 6.29. The van der Waals surface area contributed by atoms with Crippen molar-refractivity contribution in [3.63, 3.8) is 0 Å². The third kappa shape index (κ3) is 3.65. The lowest BCUT2D eigenvalue weighted by Crippen LogP contribution is -2.34. The van der Waals surface area contributed by atoms with Gasteiger partial charge in [-0.2, -0.15) is 5.10 Å². The van der Waals surface area contributed by atoms with Crippen molar-refractivity contribution >= 4 is 11.6 Å². The molecule has 0 atom stereocenters. The fourth-order valence-corrected chi connectivity index (χ4v) is 2.60. The molecule has 0 aromatic carbocycles. The largest absolute Gasteiger partial charge is 0.298 e. The molecule has 0 aliphatic heterocycles. The van der Waals surface area contributed by atoms with Crippen LogP contribution in [0.5, 0.6) is 0 Å². The monoisotopic (exact) mass is 253 g/mol. The second-order valence-corrected chi connectivity index (χ2v) is 5.56. The maximum Gasteiger partial charge on any atom is 0.151 e. The first-order chi connectivity index (χ1) is 8.15. The topological polar surface area (TPSA) is 29.0 Å². The van der Waals surface area contributed by atoms with Gasteiger partial charge in [-0.3, -0.25) is 4.90 Å². The lowest BCUT2D eigenvalue weighted by molar-refractivity contribution is 0.162. The van der Waals surface area contributed by atoms with Crippen molar-refractivity contribution in [1.29, 1.82) is 0 Å². The average Bonchev–Trinajstić information content (AvgIpc) is 2.33. The third-order valence-corrected chi connectivity index (χ3v) is 3.91.